The second kappa shape index (κ2) is 7.94. The quantitative estimate of drug-likeness (QED) is 0.408. The smallest absolute Gasteiger partial charge is 0.193 e. The highest BCUT2D eigenvalue weighted by Crippen LogP contribution is 2.32. The molecule has 1 aliphatic heterocycles. The van der Waals surface area contributed by atoms with Crippen LogP contribution in [0.2, 0.25) is 0 Å². The number of ether oxygens (including phenoxy) is 2. The predicted molar refractivity (Wildman–Crippen MR) is 103 cm³/mol. The molecule has 3 aromatic rings. The van der Waals surface area contributed by atoms with Gasteiger partial charge in [0.2, 0.25) is 0 Å². The average molecular weight is 366 g/mol. The summed E-state index contributed by atoms with van der Waals surface area (Å²) in [6.45, 7) is 1.92. The first-order chi connectivity index (χ1) is 13.3. The monoisotopic (exact) mass is 366 g/mol. The Morgan fingerprint density at radius 3 is 2.96 bits per heavy atom. The SMILES string of the molecule is NC(=NCCCc1nnc2ccccn12)Nc1ccc2c(c1)OCCCO2. The van der Waals surface area contributed by atoms with Crippen LogP contribution in [-0.2, 0) is 6.42 Å². The van der Waals surface area contributed by atoms with Crippen LogP contribution in [0.1, 0.15) is 18.7 Å². The Balaban J connectivity index is 1.31. The van der Waals surface area contributed by atoms with E-state index in [-0.39, 0.29) is 0 Å². The van der Waals surface area contributed by atoms with E-state index in [0.717, 1.165) is 47.9 Å². The van der Waals surface area contributed by atoms with Crippen LogP contribution in [0.4, 0.5) is 5.69 Å². The average Bonchev–Trinajstić information content (AvgIpc) is 2.94. The summed E-state index contributed by atoms with van der Waals surface area (Å²) in [5.74, 6) is 2.78. The Bertz CT molecular complexity index is 952. The van der Waals surface area contributed by atoms with Crippen molar-refractivity contribution >= 4 is 17.3 Å². The van der Waals surface area contributed by atoms with Crippen molar-refractivity contribution in [2.45, 2.75) is 19.3 Å². The summed E-state index contributed by atoms with van der Waals surface area (Å²) in [5, 5.41) is 11.5. The lowest BCUT2D eigenvalue weighted by atomic mass is 10.2. The first-order valence-corrected chi connectivity index (χ1v) is 9.05. The summed E-state index contributed by atoms with van der Waals surface area (Å²) >= 11 is 0. The molecule has 8 nitrogen and oxygen atoms in total. The Kier molecular flexibility index (Phi) is 5.04. The molecule has 8 heteroatoms. The van der Waals surface area contributed by atoms with Crippen molar-refractivity contribution in [2.24, 2.45) is 10.7 Å². The first-order valence-electron chi connectivity index (χ1n) is 9.05. The summed E-state index contributed by atoms with van der Waals surface area (Å²) < 4.78 is 13.3. The molecule has 27 heavy (non-hydrogen) atoms. The zero-order chi connectivity index (χ0) is 18.5. The second-order valence-corrected chi connectivity index (χ2v) is 6.25. The van der Waals surface area contributed by atoms with Gasteiger partial charge < -0.3 is 20.5 Å². The number of aromatic nitrogens is 3. The van der Waals surface area contributed by atoms with E-state index in [1.54, 1.807) is 0 Å². The van der Waals surface area contributed by atoms with Crippen LogP contribution in [-0.4, -0.2) is 40.3 Å². The number of guanidine groups is 1. The lowest BCUT2D eigenvalue weighted by Gasteiger charge is -2.10. The van der Waals surface area contributed by atoms with Gasteiger partial charge in [-0.1, -0.05) is 6.07 Å². The van der Waals surface area contributed by atoms with Gasteiger partial charge in [-0.05, 0) is 30.7 Å². The molecule has 0 radical (unpaired) electrons. The topological polar surface area (TPSA) is 99.1 Å². The van der Waals surface area contributed by atoms with Crippen LogP contribution in [0.5, 0.6) is 11.5 Å². The molecule has 2 aromatic heterocycles. The van der Waals surface area contributed by atoms with Crippen molar-refractivity contribution < 1.29 is 9.47 Å². The lowest BCUT2D eigenvalue weighted by molar-refractivity contribution is 0.297. The van der Waals surface area contributed by atoms with Crippen molar-refractivity contribution in [3.05, 3.63) is 48.4 Å². The second-order valence-electron chi connectivity index (χ2n) is 6.25. The maximum absolute atomic E-state index is 6.00. The van der Waals surface area contributed by atoms with E-state index in [2.05, 4.69) is 20.5 Å². The number of fused-ring (bicyclic) bond motifs is 2. The molecule has 0 saturated heterocycles. The number of nitrogens with one attached hydrogen (secondary N) is 1. The van der Waals surface area contributed by atoms with E-state index >= 15 is 0 Å². The van der Waals surface area contributed by atoms with E-state index in [1.165, 1.54) is 0 Å². The van der Waals surface area contributed by atoms with Gasteiger partial charge in [0.05, 0.1) is 13.2 Å². The molecular weight excluding hydrogens is 344 g/mol. The number of benzene rings is 1. The van der Waals surface area contributed by atoms with Crippen LogP contribution in [0, 0.1) is 0 Å². The molecule has 0 fully saturated rings. The molecule has 0 bridgehead atoms. The fourth-order valence-corrected chi connectivity index (χ4v) is 2.93. The molecule has 0 atom stereocenters. The molecule has 4 rings (SSSR count). The van der Waals surface area contributed by atoms with Crippen molar-refractivity contribution in [3.8, 4) is 11.5 Å². The van der Waals surface area contributed by atoms with Gasteiger partial charge in [-0.2, -0.15) is 0 Å². The van der Waals surface area contributed by atoms with E-state index in [4.69, 9.17) is 15.2 Å². The summed E-state index contributed by atoms with van der Waals surface area (Å²) in [7, 11) is 0. The largest absolute Gasteiger partial charge is 0.490 e. The number of hydrogen-bond donors (Lipinski definition) is 2. The van der Waals surface area contributed by atoms with Gasteiger partial charge >= 0.3 is 0 Å². The summed E-state index contributed by atoms with van der Waals surface area (Å²) in [5.41, 5.74) is 7.67. The van der Waals surface area contributed by atoms with Crippen LogP contribution in [0.3, 0.4) is 0 Å². The summed E-state index contributed by atoms with van der Waals surface area (Å²) in [4.78, 5) is 4.38. The number of aryl methyl sites for hydroxylation is 1. The van der Waals surface area contributed by atoms with Crippen molar-refractivity contribution in [1.82, 2.24) is 14.6 Å². The maximum Gasteiger partial charge on any atom is 0.193 e. The van der Waals surface area contributed by atoms with Gasteiger partial charge in [-0.25, -0.2) is 0 Å². The summed E-state index contributed by atoms with van der Waals surface area (Å²) in [6.07, 6.45) is 4.46. The van der Waals surface area contributed by atoms with Crippen molar-refractivity contribution in [1.29, 1.82) is 0 Å². The number of nitrogens with zero attached hydrogens (tertiary/aromatic N) is 4. The van der Waals surface area contributed by atoms with Gasteiger partial charge in [-0.15, -0.1) is 10.2 Å². The highest BCUT2D eigenvalue weighted by atomic mass is 16.5. The number of aliphatic imine (C=N–C) groups is 1. The molecule has 3 heterocycles. The number of hydrogen-bond acceptors (Lipinski definition) is 5. The third-order valence-electron chi connectivity index (χ3n) is 4.24. The molecule has 1 aliphatic rings. The van der Waals surface area contributed by atoms with Gasteiger partial charge in [0, 0.05) is 37.3 Å². The lowest BCUT2D eigenvalue weighted by Crippen LogP contribution is -2.23. The maximum atomic E-state index is 6.00. The predicted octanol–water partition coefficient (Wildman–Crippen LogP) is 2.25. The van der Waals surface area contributed by atoms with E-state index in [1.807, 2.05) is 47.0 Å². The third-order valence-corrected chi connectivity index (χ3v) is 4.24. The van der Waals surface area contributed by atoms with Gasteiger partial charge in [-0.3, -0.25) is 9.39 Å². The highest BCUT2D eigenvalue weighted by Gasteiger charge is 2.11. The molecule has 0 saturated carbocycles. The standard InChI is InChI=1S/C19H22N6O2/c20-19(22-14-7-8-15-16(13-14)27-12-4-11-26-15)21-9-3-6-18-24-23-17-5-1-2-10-25(17)18/h1-2,5,7-8,10,13H,3-4,6,9,11-12H2,(H3,20,21,22). The Hall–Kier alpha value is -3.29. The van der Waals surface area contributed by atoms with E-state index in [0.29, 0.717) is 25.7 Å². The number of rotatable bonds is 5. The van der Waals surface area contributed by atoms with Crippen LogP contribution in [0.25, 0.3) is 5.65 Å². The molecular formula is C19H22N6O2. The molecule has 0 aliphatic carbocycles. The van der Waals surface area contributed by atoms with Gasteiger partial charge in [0.15, 0.2) is 23.1 Å². The highest BCUT2D eigenvalue weighted by molar-refractivity contribution is 5.92. The zero-order valence-electron chi connectivity index (χ0n) is 15.0. The van der Waals surface area contributed by atoms with Gasteiger partial charge in [0.1, 0.15) is 5.82 Å². The fourth-order valence-electron chi connectivity index (χ4n) is 2.93. The first kappa shape index (κ1) is 17.1. The van der Waals surface area contributed by atoms with E-state index < -0.39 is 0 Å². The fraction of sp³-hybridized carbons (Fsp3) is 0.316. The Morgan fingerprint density at radius 2 is 2.04 bits per heavy atom. The molecule has 0 spiro atoms. The minimum atomic E-state index is 0.371. The third kappa shape index (κ3) is 4.11. The minimum Gasteiger partial charge on any atom is -0.490 e. The molecule has 1 aromatic carbocycles. The van der Waals surface area contributed by atoms with Crippen LogP contribution < -0.4 is 20.5 Å². The van der Waals surface area contributed by atoms with Crippen LogP contribution in [0.15, 0.2) is 47.6 Å². The van der Waals surface area contributed by atoms with Crippen molar-refractivity contribution in [3.63, 3.8) is 0 Å². The molecule has 3 N–H and O–H groups in total. The molecule has 0 unspecified atom stereocenters. The van der Waals surface area contributed by atoms with E-state index in [9.17, 15) is 0 Å². The number of nitrogens with two attached hydrogens (primary N) is 1. The Labute approximate surface area is 157 Å². The van der Waals surface area contributed by atoms with Gasteiger partial charge in [0.25, 0.3) is 0 Å². The zero-order valence-corrected chi connectivity index (χ0v) is 15.0. The normalized spacial score (nSPS) is 14.1. The van der Waals surface area contributed by atoms with Crippen LogP contribution >= 0.6 is 0 Å². The summed E-state index contributed by atoms with van der Waals surface area (Å²) in [6, 6.07) is 11.5. The molecule has 0 amide bonds. The Morgan fingerprint density at radius 1 is 1.15 bits per heavy atom. The minimum absolute atomic E-state index is 0.371. The number of anilines is 1. The number of pyridine rings is 1. The van der Waals surface area contributed by atoms with Crippen molar-refractivity contribution in [2.75, 3.05) is 25.1 Å². The molecule has 140 valence electrons.